The van der Waals surface area contributed by atoms with Crippen LogP contribution in [-0.4, -0.2) is 43.7 Å². The van der Waals surface area contributed by atoms with Crippen molar-refractivity contribution in [3.8, 4) is 5.75 Å². The van der Waals surface area contributed by atoms with Gasteiger partial charge in [0, 0.05) is 12.6 Å². The van der Waals surface area contributed by atoms with E-state index in [9.17, 15) is 4.79 Å². The predicted octanol–water partition coefficient (Wildman–Crippen LogP) is 1.91. The van der Waals surface area contributed by atoms with E-state index in [1.165, 1.54) is 25.9 Å². The third-order valence-electron chi connectivity index (χ3n) is 4.33. The molecule has 4 rings (SSSR count). The van der Waals surface area contributed by atoms with Gasteiger partial charge in [-0.1, -0.05) is 12.1 Å². The van der Waals surface area contributed by atoms with Crippen LogP contribution in [0.3, 0.4) is 0 Å². The number of piperidine rings is 3. The summed E-state index contributed by atoms with van der Waals surface area (Å²) in [5.41, 5.74) is 0.703. The highest BCUT2D eigenvalue weighted by atomic mass is 16.5. The minimum Gasteiger partial charge on any atom is -0.495 e. The molecular weight excluding hydrogens is 254 g/mol. The van der Waals surface area contributed by atoms with Gasteiger partial charge >= 0.3 is 6.03 Å². The maximum Gasteiger partial charge on any atom is 0.319 e. The number of anilines is 1. The van der Waals surface area contributed by atoms with Gasteiger partial charge in [-0.25, -0.2) is 4.79 Å². The molecule has 0 radical (unpaired) electrons. The first-order valence-electron chi connectivity index (χ1n) is 7.19. The van der Waals surface area contributed by atoms with Crippen LogP contribution in [0.2, 0.25) is 0 Å². The summed E-state index contributed by atoms with van der Waals surface area (Å²) in [4.78, 5) is 14.6. The first-order valence-corrected chi connectivity index (χ1v) is 7.19. The highest BCUT2D eigenvalue weighted by Gasteiger charge is 2.34. The SMILES string of the molecule is COc1ccccc1NC(=O)NC1CN2CCC1CC2. The van der Waals surface area contributed by atoms with Crippen LogP contribution in [0.15, 0.2) is 24.3 Å². The van der Waals surface area contributed by atoms with Gasteiger partial charge in [0.25, 0.3) is 0 Å². The molecule has 20 heavy (non-hydrogen) atoms. The van der Waals surface area contributed by atoms with E-state index in [0.717, 1.165) is 6.54 Å². The number of nitrogens with one attached hydrogen (secondary N) is 2. The summed E-state index contributed by atoms with van der Waals surface area (Å²) in [6.07, 6.45) is 2.39. The molecule has 1 aromatic carbocycles. The lowest BCUT2D eigenvalue weighted by Gasteiger charge is -2.44. The summed E-state index contributed by atoms with van der Waals surface area (Å²) in [6, 6.07) is 7.57. The molecule has 1 unspecified atom stereocenters. The molecule has 0 aliphatic carbocycles. The molecule has 1 aromatic rings. The zero-order valence-corrected chi connectivity index (χ0v) is 11.8. The Morgan fingerprint density at radius 2 is 2.05 bits per heavy atom. The first-order chi connectivity index (χ1) is 9.76. The van der Waals surface area contributed by atoms with E-state index in [0.29, 0.717) is 17.4 Å². The van der Waals surface area contributed by atoms with E-state index in [4.69, 9.17) is 4.74 Å². The number of methoxy groups -OCH3 is 1. The maximum absolute atomic E-state index is 12.1. The highest BCUT2D eigenvalue weighted by Crippen LogP contribution is 2.28. The molecule has 0 aromatic heterocycles. The van der Waals surface area contributed by atoms with E-state index in [-0.39, 0.29) is 12.1 Å². The van der Waals surface area contributed by atoms with Crippen LogP contribution in [-0.2, 0) is 0 Å². The molecule has 0 saturated carbocycles. The van der Waals surface area contributed by atoms with Crippen molar-refractivity contribution in [3.05, 3.63) is 24.3 Å². The average Bonchev–Trinajstić information content (AvgIpc) is 2.49. The summed E-state index contributed by atoms with van der Waals surface area (Å²) in [5, 5.41) is 5.98. The molecule has 5 nitrogen and oxygen atoms in total. The van der Waals surface area contributed by atoms with Crippen LogP contribution >= 0.6 is 0 Å². The van der Waals surface area contributed by atoms with Gasteiger partial charge in [0.05, 0.1) is 12.8 Å². The molecule has 3 aliphatic rings. The Kier molecular flexibility index (Phi) is 3.78. The van der Waals surface area contributed by atoms with Crippen molar-refractivity contribution < 1.29 is 9.53 Å². The fourth-order valence-electron chi connectivity index (χ4n) is 3.20. The lowest BCUT2D eigenvalue weighted by molar-refractivity contribution is 0.0776. The van der Waals surface area contributed by atoms with Crippen molar-refractivity contribution in [1.29, 1.82) is 0 Å². The first kappa shape index (κ1) is 13.2. The molecule has 3 fully saturated rings. The van der Waals surface area contributed by atoms with Gasteiger partial charge in [0.15, 0.2) is 0 Å². The number of ether oxygens (including phenoxy) is 1. The molecule has 2 N–H and O–H groups in total. The van der Waals surface area contributed by atoms with Crippen molar-refractivity contribution in [1.82, 2.24) is 10.2 Å². The van der Waals surface area contributed by atoms with E-state index >= 15 is 0 Å². The van der Waals surface area contributed by atoms with Crippen molar-refractivity contribution in [3.63, 3.8) is 0 Å². The Labute approximate surface area is 119 Å². The van der Waals surface area contributed by atoms with Gasteiger partial charge in [-0.05, 0) is 44.0 Å². The van der Waals surface area contributed by atoms with E-state index < -0.39 is 0 Å². The largest absolute Gasteiger partial charge is 0.495 e. The minimum atomic E-state index is -0.145. The molecular formula is C15H21N3O2. The van der Waals surface area contributed by atoms with Crippen LogP contribution in [0, 0.1) is 5.92 Å². The molecule has 0 spiro atoms. The second kappa shape index (κ2) is 5.71. The summed E-state index contributed by atoms with van der Waals surface area (Å²) in [7, 11) is 1.60. The van der Waals surface area contributed by atoms with Gasteiger partial charge in [-0.3, -0.25) is 0 Å². The summed E-state index contributed by atoms with van der Waals surface area (Å²) in [5.74, 6) is 1.31. The van der Waals surface area contributed by atoms with Crippen LogP contribution in [0.1, 0.15) is 12.8 Å². The number of benzene rings is 1. The Morgan fingerprint density at radius 3 is 2.70 bits per heavy atom. The van der Waals surface area contributed by atoms with E-state index in [1.807, 2.05) is 24.3 Å². The monoisotopic (exact) mass is 275 g/mol. The topological polar surface area (TPSA) is 53.6 Å². The fourth-order valence-corrected chi connectivity index (χ4v) is 3.20. The molecule has 5 heteroatoms. The van der Waals surface area contributed by atoms with Crippen LogP contribution in [0.25, 0.3) is 0 Å². The standard InChI is InChI=1S/C15H21N3O2/c1-20-14-5-3-2-4-12(14)16-15(19)17-13-10-18-8-6-11(13)7-9-18/h2-5,11,13H,6-10H2,1H3,(H2,16,17,19). The Morgan fingerprint density at radius 1 is 1.30 bits per heavy atom. The van der Waals surface area contributed by atoms with Gasteiger partial charge < -0.3 is 20.3 Å². The van der Waals surface area contributed by atoms with Gasteiger partial charge in [-0.2, -0.15) is 0 Å². The molecule has 2 bridgehead atoms. The molecule has 3 aliphatic heterocycles. The molecule has 1 atom stereocenters. The van der Waals surface area contributed by atoms with Gasteiger partial charge in [0.1, 0.15) is 5.75 Å². The normalized spacial score (nSPS) is 27.9. The Balaban J connectivity index is 1.60. The van der Waals surface area contributed by atoms with Crippen molar-refractivity contribution in [2.24, 2.45) is 5.92 Å². The number of nitrogens with zero attached hydrogens (tertiary/aromatic N) is 1. The van der Waals surface area contributed by atoms with Crippen LogP contribution in [0.4, 0.5) is 10.5 Å². The fraction of sp³-hybridized carbons (Fsp3) is 0.533. The number of rotatable bonds is 3. The number of fused-ring (bicyclic) bond motifs is 3. The second-order valence-corrected chi connectivity index (χ2v) is 5.54. The van der Waals surface area contributed by atoms with Crippen LogP contribution < -0.4 is 15.4 Å². The number of hydrogen-bond donors (Lipinski definition) is 2. The number of carbonyl (C=O) groups excluding carboxylic acids is 1. The third-order valence-corrected chi connectivity index (χ3v) is 4.33. The Hall–Kier alpha value is -1.75. The molecule has 3 saturated heterocycles. The molecule has 108 valence electrons. The Bertz CT molecular complexity index is 484. The van der Waals surface area contributed by atoms with Crippen LogP contribution in [0.5, 0.6) is 5.75 Å². The predicted molar refractivity (Wildman–Crippen MR) is 78.1 cm³/mol. The summed E-state index contributed by atoms with van der Waals surface area (Å²) in [6.45, 7) is 3.33. The van der Waals surface area contributed by atoms with Crippen molar-refractivity contribution in [2.45, 2.75) is 18.9 Å². The number of hydrogen-bond acceptors (Lipinski definition) is 3. The number of para-hydroxylation sites is 2. The number of carbonyl (C=O) groups is 1. The zero-order chi connectivity index (χ0) is 13.9. The van der Waals surface area contributed by atoms with Gasteiger partial charge in [0.2, 0.25) is 0 Å². The van der Waals surface area contributed by atoms with E-state index in [1.54, 1.807) is 7.11 Å². The number of urea groups is 1. The minimum absolute atomic E-state index is 0.145. The highest BCUT2D eigenvalue weighted by molar-refractivity contribution is 5.91. The maximum atomic E-state index is 12.1. The lowest BCUT2D eigenvalue weighted by Crippen LogP contribution is -2.57. The average molecular weight is 275 g/mol. The molecule has 3 heterocycles. The quantitative estimate of drug-likeness (QED) is 0.886. The number of amides is 2. The summed E-state index contributed by atoms with van der Waals surface area (Å²) >= 11 is 0. The van der Waals surface area contributed by atoms with E-state index in [2.05, 4.69) is 15.5 Å². The zero-order valence-electron chi connectivity index (χ0n) is 11.8. The third kappa shape index (κ3) is 2.72. The second-order valence-electron chi connectivity index (χ2n) is 5.54. The van der Waals surface area contributed by atoms with Crippen molar-refractivity contribution >= 4 is 11.7 Å². The summed E-state index contributed by atoms with van der Waals surface area (Å²) < 4.78 is 5.23. The van der Waals surface area contributed by atoms with Gasteiger partial charge in [-0.15, -0.1) is 0 Å². The van der Waals surface area contributed by atoms with Crippen molar-refractivity contribution in [2.75, 3.05) is 32.1 Å². The molecule has 2 amide bonds. The lowest BCUT2D eigenvalue weighted by atomic mass is 9.84. The smallest absolute Gasteiger partial charge is 0.319 e.